The summed E-state index contributed by atoms with van der Waals surface area (Å²) in [6.45, 7) is 2.07. The molecule has 1 N–H and O–H groups in total. The van der Waals surface area contributed by atoms with E-state index in [-0.39, 0.29) is 0 Å². The van der Waals surface area contributed by atoms with Gasteiger partial charge in [-0.25, -0.2) is 0 Å². The zero-order valence-electron chi connectivity index (χ0n) is 8.42. The number of rotatable bonds is 2. The maximum absolute atomic E-state index is 11.1. The fraction of sp³-hybridized carbons (Fsp3) is 0.417. The highest BCUT2D eigenvalue weighted by atomic mass is 16.1. The van der Waals surface area contributed by atoms with E-state index < -0.39 is 0 Å². The Labute approximate surface area is 84.3 Å². The molecule has 1 aliphatic rings. The highest BCUT2D eigenvalue weighted by molar-refractivity contribution is 5.81. The minimum atomic E-state index is 0.352. The standard InChI is InChI=1S/C12H15NO/c1-9-2-4-10(5-3-9)13-11-6-7-12(14)8-11/h2-5,11,13H,6-8H2,1H3. The van der Waals surface area contributed by atoms with E-state index >= 15 is 0 Å². The summed E-state index contributed by atoms with van der Waals surface area (Å²) in [5.41, 5.74) is 2.38. The van der Waals surface area contributed by atoms with E-state index in [0.717, 1.165) is 18.5 Å². The highest BCUT2D eigenvalue weighted by Crippen LogP contribution is 2.19. The molecule has 2 heteroatoms. The molecule has 0 aliphatic heterocycles. The lowest BCUT2D eigenvalue weighted by Crippen LogP contribution is -2.15. The predicted octanol–water partition coefficient (Wildman–Crippen LogP) is 2.53. The normalized spacial score (nSPS) is 21.2. The van der Waals surface area contributed by atoms with Crippen LogP contribution in [0.25, 0.3) is 0 Å². The van der Waals surface area contributed by atoms with Gasteiger partial charge in [0.2, 0.25) is 0 Å². The van der Waals surface area contributed by atoms with E-state index in [4.69, 9.17) is 0 Å². The molecule has 0 spiro atoms. The van der Waals surface area contributed by atoms with Crippen LogP contribution >= 0.6 is 0 Å². The summed E-state index contributed by atoms with van der Waals surface area (Å²) >= 11 is 0. The van der Waals surface area contributed by atoms with Gasteiger partial charge in [-0.2, -0.15) is 0 Å². The maximum Gasteiger partial charge on any atom is 0.135 e. The molecule has 2 nitrogen and oxygen atoms in total. The van der Waals surface area contributed by atoms with Crippen molar-refractivity contribution < 1.29 is 4.79 Å². The number of anilines is 1. The van der Waals surface area contributed by atoms with Gasteiger partial charge in [0, 0.05) is 24.6 Å². The van der Waals surface area contributed by atoms with Crippen molar-refractivity contribution in [2.24, 2.45) is 0 Å². The second-order valence-corrected chi connectivity index (χ2v) is 3.99. The molecule has 0 aromatic heterocycles. The molecule has 0 heterocycles. The van der Waals surface area contributed by atoms with Crippen molar-refractivity contribution in [1.29, 1.82) is 0 Å². The van der Waals surface area contributed by atoms with E-state index in [1.165, 1.54) is 5.56 Å². The quantitative estimate of drug-likeness (QED) is 0.774. The number of carbonyl (C=O) groups is 1. The monoisotopic (exact) mass is 189 g/mol. The van der Waals surface area contributed by atoms with Gasteiger partial charge in [-0.15, -0.1) is 0 Å². The molecule has 1 atom stereocenters. The van der Waals surface area contributed by atoms with Crippen molar-refractivity contribution >= 4 is 11.5 Å². The van der Waals surface area contributed by atoms with Crippen molar-refractivity contribution in [2.75, 3.05) is 5.32 Å². The van der Waals surface area contributed by atoms with Crippen LogP contribution in [0.2, 0.25) is 0 Å². The molecule has 2 rings (SSSR count). The Kier molecular flexibility index (Phi) is 2.53. The third-order valence-corrected chi connectivity index (χ3v) is 2.67. The van der Waals surface area contributed by atoms with Crippen LogP contribution in [0.4, 0.5) is 5.69 Å². The van der Waals surface area contributed by atoms with Gasteiger partial charge in [0.15, 0.2) is 0 Å². The van der Waals surface area contributed by atoms with E-state index in [2.05, 4.69) is 36.5 Å². The minimum Gasteiger partial charge on any atom is -0.382 e. The zero-order chi connectivity index (χ0) is 9.97. The molecule has 1 fully saturated rings. The van der Waals surface area contributed by atoms with Crippen LogP contribution < -0.4 is 5.32 Å². The highest BCUT2D eigenvalue weighted by Gasteiger charge is 2.21. The van der Waals surface area contributed by atoms with Crippen molar-refractivity contribution in [3.05, 3.63) is 29.8 Å². The summed E-state index contributed by atoms with van der Waals surface area (Å²) in [6, 6.07) is 8.65. The molecule has 1 aromatic carbocycles. The lowest BCUT2D eigenvalue weighted by atomic mass is 10.2. The van der Waals surface area contributed by atoms with Crippen molar-refractivity contribution in [3.8, 4) is 0 Å². The molecule has 0 amide bonds. The van der Waals surface area contributed by atoms with E-state index in [1.54, 1.807) is 0 Å². The minimum absolute atomic E-state index is 0.352. The Hall–Kier alpha value is -1.31. The Balaban J connectivity index is 1.97. The lowest BCUT2D eigenvalue weighted by Gasteiger charge is -2.12. The molecular weight excluding hydrogens is 174 g/mol. The summed E-state index contributed by atoms with van der Waals surface area (Å²) in [6.07, 6.45) is 2.41. The van der Waals surface area contributed by atoms with Gasteiger partial charge in [0.1, 0.15) is 5.78 Å². The second-order valence-electron chi connectivity index (χ2n) is 3.99. The molecule has 0 saturated heterocycles. The van der Waals surface area contributed by atoms with Crippen LogP contribution in [0.3, 0.4) is 0 Å². The molecule has 0 radical (unpaired) electrons. The van der Waals surface area contributed by atoms with Crippen molar-refractivity contribution in [2.45, 2.75) is 32.2 Å². The zero-order valence-corrected chi connectivity index (χ0v) is 8.42. The number of aryl methyl sites for hydroxylation is 1. The van der Waals surface area contributed by atoms with Gasteiger partial charge in [-0.3, -0.25) is 4.79 Å². The predicted molar refractivity (Wildman–Crippen MR) is 57.4 cm³/mol. The SMILES string of the molecule is Cc1ccc(NC2CCC(=O)C2)cc1. The van der Waals surface area contributed by atoms with Gasteiger partial charge in [0.05, 0.1) is 0 Å². The summed E-state index contributed by atoms with van der Waals surface area (Å²) in [5.74, 6) is 0.384. The number of ketones is 1. The molecule has 1 saturated carbocycles. The van der Waals surface area contributed by atoms with E-state index in [1.807, 2.05) is 0 Å². The third-order valence-electron chi connectivity index (χ3n) is 2.67. The smallest absolute Gasteiger partial charge is 0.135 e. The average Bonchev–Trinajstić information content (AvgIpc) is 2.56. The molecular formula is C12H15NO. The Morgan fingerprint density at radius 3 is 2.57 bits per heavy atom. The van der Waals surface area contributed by atoms with Gasteiger partial charge >= 0.3 is 0 Å². The van der Waals surface area contributed by atoms with Crippen LogP contribution in [0.5, 0.6) is 0 Å². The first-order chi connectivity index (χ1) is 6.74. The topological polar surface area (TPSA) is 29.1 Å². The Morgan fingerprint density at radius 2 is 2.00 bits per heavy atom. The Morgan fingerprint density at radius 1 is 1.29 bits per heavy atom. The fourth-order valence-electron chi connectivity index (χ4n) is 1.82. The number of benzene rings is 1. The van der Waals surface area contributed by atoms with Crippen LogP contribution in [-0.4, -0.2) is 11.8 Å². The van der Waals surface area contributed by atoms with Crippen molar-refractivity contribution in [3.63, 3.8) is 0 Å². The first-order valence-corrected chi connectivity index (χ1v) is 5.09. The van der Waals surface area contributed by atoms with Gasteiger partial charge in [0.25, 0.3) is 0 Å². The average molecular weight is 189 g/mol. The summed E-state index contributed by atoms with van der Waals surface area (Å²) in [4.78, 5) is 11.1. The first kappa shape index (κ1) is 9.25. The van der Waals surface area contributed by atoms with Gasteiger partial charge in [-0.1, -0.05) is 17.7 Å². The molecule has 0 bridgehead atoms. The third kappa shape index (κ3) is 2.13. The molecule has 14 heavy (non-hydrogen) atoms. The number of Topliss-reactive ketones (excluding diaryl/α,β-unsaturated/α-hetero) is 1. The maximum atomic E-state index is 11.1. The number of hydrogen-bond acceptors (Lipinski definition) is 2. The lowest BCUT2D eigenvalue weighted by molar-refractivity contribution is -0.117. The molecule has 74 valence electrons. The molecule has 1 unspecified atom stereocenters. The largest absolute Gasteiger partial charge is 0.382 e. The molecule has 1 aromatic rings. The second kappa shape index (κ2) is 3.82. The van der Waals surface area contributed by atoms with Crippen LogP contribution in [0.15, 0.2) is 24.3 Å². The number of nitrogens with one attached hydrogen (secondary N) is 1. The fourth-order valence-corrected chi connectivity index (χ4v) is 1.82. The van der Waals surface area contributed by atoms with Gasteiger partial charge < -0.3 is 5.32 Å². The van der Waals surface area contributed by atoms with E-state index in [0.29, 0.717) is 18.2 Å². The Bertz CT molecular complexity index is 329. The summed E-state index contributed by atoms with van der Waals surface area (Å²) < 4.78 is 0. The van der Waals surface area contributed by atoms with Crippen LogP contribution in [0, 0.1) is 6.92 Å². The number of carbonyl (C=O) groups excluding carboxylic acids is 1. The van der Waals surface area contributed by atoms with Crippen LogP contribution in [0.1, 0.15) is 24.8 Å². The summed E-state index contributed by atoms with van der Waals surface area (Å²) in [5, 5.41) is 3.38. The number of hydrogen-bond donors (Lipinski definition) is 1. The molecule has 1 aliphatic carbocycles. The van der Waals surface area contributed by atoms with E-state index in [9.17, 15) is 4.79 Å². The van der Waals surface area contributed by atoms with Crippen LogP contribution in [-0.2, 0) is 4.79 Å². The summed E-state index contributed by atoms with van der Waals surface area (Å²) in [7, 11) is 0. The van der Waals surface area contributed by atoms with Crippen molar-refractivity contribution in [1.82, 2.24) is 0 Å². The first-order valence-electron chi connectivity index (χ1n) is 5.09. The van der Waals surface area contributed by atoms with Gasteiger partial charge in [-0.05, 0) is 25.5 Å².